The number of hydrogen-bond donors (Lipinski definition) is 0. The molecule has 0 spiro atoms. The van der Waals surface area contributed by atoms with E-state index in [9.17, 15) is 12.8 Å². The normalized spacial score (nSPS) is 10.9. The van der Waals surface area contributed by atoms with Crippen LogP contribution in [0.3, 0.4) is 0 Å². The van der Waals surface area contributed by atoms with Gasteiger partial charge in [-0.2, -0.15) is 5.26 Å². The Balaban J connectivity index is 3.35. The zero-order valence-electron chi connectivity index (χ0n) is 7.49. The van der Waals surface area contributed by atoms with Crippen LogP contribution in [0.2, 0.25) is 0 Å². The van der Waals surface area contributed by atoms with Gasteiger partial charge in [-0.25, -0.2) is 12.8 Å². The van der Waals surface area contributed by atoms with Crippen molar-refractivity contribution in [1.82, 2.24) is 0 Å². The van der Waals surface area contributed by atoms with Gasteiger partial charge in [-0.1, -0.05) is 6.92 Å². The standard InChI is InChI=1S/C9H8FNO2S/c1-2-14(12,13)9-4-3-7(6-11)5-8(9)10/h3-5H,2H2,1H3. The van der Waals surface area contributed by atoms with Gasteiger partial charge in [-0.15, -0.1) is 0 Å². The zero-order chi connectivity index (χ0) is 10.8. The first kappa shape index (κ1) is 10.7. The molecular formula is C9H8FNO2S. The van der Waals surface area contributed by atoms with Crippen LogP contribution < -0.4 is 0 Å². The zero-order valence-corrected chi connectivity index (χ0v) is 8.31. The molecular weight excluding hydrogens is 205 g/mol. The molecule has 0 aliphatic carbocycles. The Morgan fingerprint density at radius 3 is 2.57 bits per heavy atom. The first-order chi connectivity index (χ1) is 6.51. The number of nitriles is 1. The lowest BCUT2D eigenvalue weighted by molar-refractivity contribution is 0.567. The van der Waals surface area contributed by atoms with Crippen LogP contribution in [0.4, 0.5) is 4.39 Å². The van der Waals surface area contributed by atoms with Crippen molar-refractivity contribution in [2.75, 3.05) is 5.75 Å². The highest BCUT2D eigenvalue weighted by molar-refractivity contribution is 7.91. The second-order valence-electron chi connectivity index (χ2n) is 2.66. The van der Waals surface area contributed by atoms with E-state index >= 15 is 0 Å². The number of hydrogen-bond acceptors (Lipinski definition) is 3. The number of nitrogens with zero attached hydrogens (tertiary/aromatic N) is 1. The summed E-state index contributed by atoms with van der Waals surface area (Å²) in [4.78, 5) is -0.348. The molecule has 0 N–H and O–H groups in total. The van der Waals surface area contributed by atoms with Crippen LogP contribution >= 0.6 is 0 Å². The maximum absolute atomic E-state index is 13.2. The lowest BCUT2D eigenvalue weighted by atomic mass is 10.2. The van der Waals surface area contributed by atoms with E-state index in [1.54, 1.807) is 6.07 Å². The van der Waals surface area contributed by atoms with Gasteiger partial charge in [-0.05, 0) is 18.2 Å². The van der Waals surface area contributed by atoms with E-state index in [0.717, 1.165) is 12.1 Å². The van der Waals surface area contributed by atoms with Gasteiger partial charge in [0.2, 0.25) is 0 Å². The van der Waals surface area contributed by atoms with Gasteiger partial charge in [0.15, 0.2) is 9.84 Å². The smallest absolute Gasteiger partial charge is 0.180 e. The van der Waals surface area contributed by atoms with E-state index in [-0.39, 0.29) is 16.2 Å². The second kappa shape index (κ2) is 3.76. The van der Waals surface area contributed by atoms with Crippen LogP contribution in [0, 0.1) is 17.1 Å². The van der Waals surface area contributed by atoms with Crippen molar-refractivity contribution in [3.05, 3.63) is 29.6 Å². The molecule has 5 heteroatoms. The molecule has 1 rings (SSSR count). The van der Waals surface area contributed by atoms with Crippen molar-refractivity contribution >= 4 is 9.84 Å². The van der Waals surface area contributed by atoms with Crippen LogP contribution in [0.5, 0.6) is 0 Å². The molecule has 1 aromatic carbocycles. The van der Waals surface area contributed by atoms with E-state index in [2.05, 4.69) is 0 Å². The Morgan fingerprint density at radius 1 is 1.50 bits per heavy atom. The van der Waals surface area contributed by atoms with Crippen molar-refractivity contribution in [2.24, 2.45) is 0 Å². The number of halogens is 1. The highest BCUT2D eigenvalue weighted by Gasteiger charge is 2.16. The number of sulfone groups is 1. The third kappa shape index (κ3) is 1.91. The number of benzene rings is 1. The van der Waals surface area contributed by atoms with Crippen LogP contribution in [0.1, 0.15) is 12.5 Å². The summed E-state index contributed by atoms with van der Waals surface area (Å²) in [5.74, 6) is -1.03. The van der Waals surface area contributed by atoms with E-state index in [1.807, 2.05) is 0 Å². The predicted molar refractivity (Wildman–Crippen MR) is 48.8 cm³/mol. The molecule has 14 heavy (non-hydrogen) atoms. The molecule has 0 aromatic heterocycles. The van der Waals surface area contributed by atoms with E-state index in [1.165, 1.54) is 13.0 Å². The molecule has 1 aromatic rings. The first-order valence-electron chi connectivity index (χ1n) is 3.93. The average Bonchev–Trinajstić information content (AvgIpc) is 2.17. The summed E-state index contributed by atoms with van der Waals surface area (Å²) >= 11 is 0. The van der Waals surface area contributed by atoms with Gasteiger partial charge in [0.25, 0.3) is 0 Å². The van der Waals surface area contributed by atoms with Crippen molar-refractivity contribution < 1.29 is 12.8 Å². The Bertz CT molecular complexity index is 488. The van der Waals surface area contributed by atoms with E-state index in [4.69, 9.17) is 5.26 Å². The molecule has 0 amide bonds. The fraction of sp³-hybridized carbons (Fsp3) is 0.222. The van der Waals surface area contributed by atoms with E-state index < -0.39 is 15.7 Å². The Labute approximate surface area is 81.7 Å². The lowest BCUT2D eigenvalue weighted by Gasteiger charge is -2.02. The monoisotopic (exact) mass is 213 g/mol. The minimum atomic E-state index is -3.54. The summed E-state index contributed by atoms with van der Waals surface area (Å²) in [6.07, 6.45) is 0. The quantitative estimate of drug-likeness (QED) is 0.747. The van der Waals surface area contributed by atoms with Crippen LogP contribution in [-0.2, 0) is 9.84 Å². The van der Waals surface area contributed by atoms with Crippen molar-refractivity contribution in [3.63, 3.8) is 0 Å². The minimum Gasteiger partial charge on any atom is -0.224 e. The molecule has 0 atom stereocenters. The lowest BCUT2D eigenvalue weighted by Crippen LogP contribution is -2.06. The first-order valence-corrected chi connectivity index (χ1v) is 5.59. The molecule has 0 radical (unpaired) electrons. The van der Waals surface area contributed by atoms with Crippen molar-refractivity contribution in [2.45, 2.75) is 11.8 Å². The van der Waals surface area contributed by atoms with Crippen molar-refractivity contribution in [3.8, 4) is 6.07 Å². The van der Waals surface area contributed by atoms with E-state index in [0.29, 0.717) is 0 Å². The summed E-state index contributed by atoms with van der Waals surface area (Å²) in [6, 6.07) is 5.05. The SMILES string of the molecule is CCS(=O)(=O)c1ccc(C#N)cc1F. The maximum atomic E-state index is 13.2. The molecule has 0 fully saturated rings. The summed E-state index contributed by atoms with van der Waals surface area (Å²) in [6.45, 7) is 1.44. The van der Waals surface area contributed by atoms with Gasteiger partial charge in [0.05, 0.1) is 17.4 Å². The highest BCUT2D eigenvalue weighted by atomic mass is 32.2. The van der Waals surface area contributed by atoms with Crippen LogP contribution in [0.25, 0.3) is 0 Å². The average molecular weight is 213 g/mol. The minimum absolute atomic E-state index is 0.109. The largest absolute Gasteiger partial charge is 0.224 e. The summed E-state index contributed by atoms with van der Waals surface area (Å²) in [5, 5.41) is 8.45. The summed E-state index contributed by atoms with van der Waals surface area (Å²) < 4.78 is 35.8. The van der Waals surface area contributed by atoms with Crippen molar-refractivity contribution in [1.29, 1.82) is 5.26 Å². The number of rotatable bonds is 2. The third-order valence-corrected chi connectivity index (χ3v) is 3.54. The van der Waals surface area contributed by atoms with Crippen LogP contribution in [-0.4, -0.2) is 14.2 Å². The molecule has 0 bridgehead atoms. The summed E-state index contributed by atoms with van der Waals surface area (Å²) in [7, 11) is -3.54. The molecule has 0 aliphatic heterocycles. The van der Waals surface area contributed by atoms with Gasteiger partial charge < -0.3 is 0 Å². The molecule has 0 unspecified atom stereocenters. The topological polar surface area (TPSA) is 57.9 Å². The highest BCUT2D eigenvalue weighted by Crippen LogP contribution is 2.16. The molecule has 3 nitrogen and oxygen atoms in total. The fourth-order valence-corrected chi connectivity index (χ4v) is 1.92. The Morgan fingerprint density at radius 2 is 2.14 bits per heavy atom. The predicted octanol–water partition coefficient (Wildman–Crippen LogP) is 1.49. The molecule has 0 saturated carbocycles. The molecule has 0 aliphatic rings. The molecule has 0 heterocycles. The second-order valence-corrected chi connectivity index (χ2v) is 4.91. The third-order valence-electron chi connectivity index (χ3n) is 1.78. The fourth-order valence-electron chi connectivity index (χ4n) is 0.978. The van der Waals surface area contributed by atoms with Gasteiger partial charge in [-0.3, -0.25) is 0 Å². The Kier molecular flexibility index (Phi) is 2.87. The Hall–Kier alpha value is -1.41. The van der Waals surface area contributed by atoms with Crippen LogP contribution in [0.15, 0.2) is 23.1 Å². The van der Waals surface area contributed by atoms with Gasteiger partial charge >= 0.3 is 0 Å². The van der Waals surface area contributed by atoms with Gasteiger partial charge in [0.1, 0.15) is 10.7 Å². The molecule has 74 valence electrons. The summed E-state index contributed by atoms with van der Waals surface area (Å²) in [5.41, 5.74) is 0.109. The maximum Gasteiger partial charge on any atom is 0.180 e. The van der Waals surface area contributed by atoms with Gasteiger partial charge in [0, 0.05) is 0 Å². The molecule has 0 saturated heterocycles.